The fourth-order valence-corrected chi connectivity index (χ4v) is 1.49. The number of hydrogen-bond acceptors (Lipinski definition) is 5. The predicted octanol–water partition coefficient (Wildman–Crippen LogP) is 1.42. The van der Waals surface area contributed by atoms with E-state index in [2.05, 4.69) is 10.3 Å². The highest BCUT2D eigenvalue weighted by Crippen LogP contribution is 2.10. The van der Waals surface area contributed by atoms with Gasteiger partial charge in [0.15, 0.2) is 0 Å². The van der Waals surface area contributed by atoms with Crippen LogP contribution < -0.4 is 4.74 Å². The predicted molar refractivity (Wildman–Crippen MR) is 67.4 cm³/mol. The minimum Gasteiger partial charge on any atom is -0.487 e. The Kier molecular flexibility index (Phi) is 4.49. The van der Waals surface area contributed by atoms with Crippen LogP contribution in [-0.4, -0.2) is 27.6 Å². The summed E-state index contributed by atoms with van der Waals surface area (Å²) in [6.07, 6.45) is 1.67. The number of benzene rings is 1. The molecule has 0 unspecified atom stereocenters. The Labute approximate surface area is 110 Å². The van der Waals surface area contributed by atoms with Crippen LogP contribution in [-0.2, 0) is 22.7 Å². The zero-order chi connectivity index (χ0) is 13.5. The largest absolute Gasteiger partial charge is 0.487 e. The summed E-state index contributed by atoms with van der Waals surface area (Å²) in [6, 6.07) is 9.44. The molecule has 19 heavy (non-hydrogen) atoms. The third kappa shape index (κ3) is 4.09. The quantitative estimate of drug-likeness (QED) is 0.736. The lowest BCUT2D eigenvalue weighted by atomic mass is 10.3. The van der Waals surface area contributed by atoms with Gasteiger partial charge < -0.3 is 9.47 Å². The van der Waals surface area contributed by atoms with Crippen LogP contribution >= 0.6 is 0 Å². The summed E-state index contributed by atoms with van der Waals surface area (Å²) in [6.45, 7) is 2.49. The molecule has 0 aliphatic heterocycles. The number of hydrogen-bond donors (Lipinski definition) is 0. The molecule has 1 aromatic heterocycles. The van der Waals surface area contributed by atoms with Crippen LogP contribution in [0.15, 0.2) is 36.5 Å². The maximum atomic E-state index is 11.3. The van der Waals surface area contributed by atoms with Gasteiger partial charge in [-0.25, -0.2) is 4.68 Å². The van der Waals surface area contributed by atoms with Gasteiger partial charge >= 0.3 is 5.97 Å². The minimum atomic E-state index is -0.331. The van der Waals surface area contributed by atoms with Gasteiger partial charge in [0.05, 0.1) is 12.8 Å². The van der Waals surface area contributed by atoms with E-state index in [0.717, 1.165) is 5.75 Å². The Hall–Kier alpha value is -2.37. The lowest BCUT2D eigenvalue weighted by Crippen LogP contribution is -2.13. The van der Waals surface area contributed by atoms with Crippen molar-refractivity contribution in [1.82, 2.24) is 15.0 Å². The number of nitrogens with zero attached hydrogens (tertiary/aromatic N) is 3. The summed E-state index contributed by atoms with van der Waals surface area (Å²) in [5.41, 5.74) is 0.660. The molecule has 0 spiro atoms. The van der Waals surface area contributed by atoms with Gasteiger partial charge in [0, 0.05) is 0 Å². The molecule has 0 amide bonds. The number of ether oxygens (including phenoxy) is 2. The van der Waals surface area contributed by atoms with Gasteiger partial charge in [-0.15, -0.1) is 5.10 Å². The van der Waals surface area contributed by atoms with Crippen molar-refractivity contribution in [2.75, 3.05) is 6.61 Å². The summed E-state index contributed by atoms with van der Waals surface area (Å²) in [7, 11) is 0. The fraction of sp³-hybridized carbons (Fsp3) is 0.308. The third-order valence-electron chi connectivity index (χ3n) is 2.31. The molecule has 0 atom stereocenters. The first-order chi connectivity index (χ1) is 9.28. The summed E-state index contributed by atoms with van der Waals surface area (Å²) in [5.74, 6) is 0.436. The fourth-order valence-electron chi connectivity index (χ4n) is 1.49. The molecule has 6 nitrogen and oxygen atoms in total. The lowest BCUT2D eigenvalue weighted by molar-refractivity contribution is -0.144. The molecule has 0 saturated carbocycles. The van der Waals surface area contributed by atoms with Gasteiger partial charge in [0.1, 0.15) is 24.6 Å². The Bertz CT molecular complexity index is 525. The van der Waals surface area contributed by atoms with Crippen molar-refractivity contribution in [2.45, 2.75) is 20.1 Å². The molecule has 2 rings (SSSR count). The lowest BCUT2D eigenvalue weighted by Gasteiger charge is -2.02. The first-order valence-corrected chi connectivity index (χ1v) is 6.00. The molecular formula is C13H15N3O3. The van der Waals surface area contributed by atoms with Crippen LogP contribution in [0.25, 0.3) is 0 Å². The van der Waals surface area contributed by atoms with E-state index < -0.39 is 0 Å². The molecule has 0 fully saturated rings. The highest BCUT2D eigenvalue weighted by atomic mass is 16.5. The van der Waals surface area contributed by atoms with E-state index in [9.17, 15) is 4.79 Å². The van der Waals surface area contributed by atoms with E-state index in [1.165, 1.54) is 4.68 Å². The Balaban J connectivity index is 1.85. The average molecular weight is 261 g/mol. The first-order valence-electron chi connectivity index (χ1n) is 6.00. The SMILES string of the molecule is CCOC(=O)Cn1cc(COc2ccccc2)nn1. The van der Waals surface area contributed by atoms with Crippen molar-refractivity contribution in [2.24, 2.45) is 0 Å². The highest BCUT2D eigenvalue weighted by Gasteiger charge is 2.06. The Morgan fingerprint density at radius 2 is 2.11 bits per heavy atom. The summed E-state index contributed by atoms with van der Waals surface area (Å²) in [5, 5.41) is 7.76. The molecule has 6 heteroatoms. The number of esters is 1. The number of carbonyl (C=O) groups excluding carboxylic acids is 1. The Morgan fingerprint density at radius 3 is 2.84 bits per heavy atom. The van der Waals surface area contributed by atoms with E-state index in [1.54, 1.807) is 13.1 Å². The van der Waals surface area contributed by atoms with Crippen molar-refractivity contribution in [3.63, 3.8) is 0 Å². The van der Waals surface area contributed by atoms with Crippen LogP contribution in [0.4, 0.5) is 0 Å². The van der Waals surface area contributed by atoms with E-state index in [0.29, 0.717) is 18.9 Å². The van der Waals surface area contributed by atoms with Gasteiger partial charge in [-0.2, -0.15) is 0 Å². The van der Waals surface area contributed by atoms with Crippen molar-refractivity contribution in [3.8, 4) is 5.75 Å². The molecule has 0 bridgehead atoms. The third-order valence-corrected chi connectivity index (χ3v) is 2.31. The van der Waals surface area contributed by atoms with Crippen molar-refractivity contribution in [3.05, 3.63) is 42.2 Å². The van der Waals surface area contributed by atoms with E-state index in [1.807, 2.05) is 30.3 Å². The highest BCUT2D eigenvalue weighted by molar-refractivity contribution is 5.68. The standard InChI is InChI=1S/C13H15N3O3/c1-2-18-13(17)9-16-8-11(14-15-16)10-19-12-6-4-3-5-7-12/h3-8H,2,9-10H2,1H3. The van der Waals surface area contributed by atoms with Gasteiger partial charge in [0.25, 0.3) is 0 Å². The first kappa shape index (κ1) is 13.1. The summed E-state index contributed by atoms with van der Waals surface area (Å²) >= 11 is 0. The van der Waals surface area contributed by atoms with E-state index >= 15 is 0 Å². The average Bonchev–Trinajstić information content (AvgIpc) is 2.85. The van der Waals surface area contributed by atoms with Crippen LogP contribution in [0.3, 0.4) is 0 Å². The number of rotatable bonds is 6. The monoisotopic (exact) mass is 261 g/mol. The summed E-state index contributed by atoms with van der Waals surface area (Å²) < 4.78 is 11.8. The molecule has 0 aliphatic rings. The second-order valence-electron chi connectivity index (χ2n) is 3.81. The molecule has 2 aromatic rings. The van der Waals surface area contributed by atoms with E-state index in [-0.39, 0.29) is 12.5 Å². The number of carbonyl (C=O) groups is 1. The smallest absolute Gasteiger partial charge is 0.327 e. The van der Waals surface area contributed by atoms with Gasteiger partial charge in [-0.05, 0) is 19.1 Å². The van der Waals surface area contributed by atoms with E-state index in [4.69, 9.17) is 9.47 Å². The van der Waals surface area contributed by atoms with Gasteiger partial charge in [-0.1, -0.05) is 23.4 Å². The molecule has 0 saturated heterocycles. The topological polar surface area (TPSA) is 66.2 Å². The molecule has 0 N–H and O–H groups in total. The molecule has 0 radical (unpaired) electrons. The number of para-hydroxylation sites is 1. The molecular weight excluding hydrogens is 246 g/mol. The summed E-state index contributed by atoms with van der Waals surface area (Å²) in [4.78, 5) is 11.3. The second-order valence-corrected chi connectivity index (χ2v) is 3.81. The van der Waals surface area contributed by atoms with Gasteiger partial charge in [0.2, 0.25) is 0 Å². The normalized spacial score (nSPS) is 10.2. The van der Waals surface area contributed by atoms with Crippen molar-refractivity contribution < 1.29 is 14.3 Å². The maximum Gasteiger partial charge on any atom is 0.327 e. The van der Waals surface area contributed by atoms with Crippen LogP contribution in [0, 0.1) is 0 Å². The molecule has 0 aliphatic carbocycles. The van der Waals surface area contributed by atoms with Crippen LogP contribution in [0.2, 0.25) is 0 Å². The van der Waals surface area contributed by atoms with Gasteiger partial charge in [-0.3, -0.25) is 4.79 Å². The Morgan fingerprint density at radius 1 is 1.32 bits per heavy atom. The molecule has 100 valence electrons. The van der Waals surface area contributed by atoms with Crippen molar-refractivity contribution in [1.29, 1.82) is 0 Å². The zero-order valence-electron chi connectivity index (χ0n) is 10.7. The zero-order valence-corrected chi connectivity index (χ0v) is 10.7. The second kappa shape index (κ2) is 6.53. The number of aromatic nitrogens is 3. The van der Waals surface area contributed by atoms with Crippen molar-refractivity contribution >= 4 is 5.97 Å². The molecule has 1 heterocycles. The maximum absolute atomic E-state index is 11.3. The van der Waals surface area contributed by atoms with Crippen LogP contribution in [0.1, 0.15) is 12.6 Å². The minimum absolute atomic E-state index is 0.0617. The van der Waals surface area contributed by atoms with Crippen LogP contribution in [0.5, 0.6) is 5.75 Å². The molecule has 1 aromatic carbocycles.